The van der Waals surface area contributed by atoms with Crippen LogP contribution in [0.25, 0.3) is 0 Å². The predicted molar refractivity (Wildman–Crippen MR) is 84.2 cm³/mol. The first-order valence-corrected chi connectivity index (χ1v) is 7.42. The van der Waals surface area contributed by atoms with Gasteiger partial charge in [0, 0.05) is 25.3 Å². The zero-order valence-corrected chi connectivity index (χ0v) is 12.6. The smallest absolute Gasteiger partial charge is 0.260 e. The van der Waals surface area contributed by atoms with Crippen LogP contribution in [0.5, 0.6) is 5.75 Å². The van der Waals surface area contributed by atoms with Gasteiger partial charge in [-0.1, -0.05) is 12.2 Å². The lowest BCUT2D eigenvalue weighted by atomic mass is 9.98. The molecule has 2 rings (SSSR count). The van der Waals surface area contributed by atoms with Crippen molar-refractivity contribution in [1.82, 2.24) is 4.90 Å². The maximum atomic E-state index is 12.0. The molecule has 1 heterocycles. The molecule has 1 amide bonds. The molecule has 0 saturated carbocycles. The summed E-state index contributed by atoms with van der Waals surface area (Å²) in [4.78, 5) is 14.2. The van der Waals surface area contributed by atoms with E-state index in [2.05, 4.69) is 0 Å². The van der Waals surface area contributed by atoms with Crippen molar-refractivity contribution in [2.75, 3.05) is 26.3 Å². The molecule has 1 aromatic rings. The molecule has 114 valence electrons. The number of hydrogen-bond donors (Lipinski definition) is 2. The zero-order valence-electron chi connectivity index (χ0n) is 11.8. The highest BCUT2D eigenvalue weighted by Gasteiger charge is 2.22. The Bertz CT molecular complexity index is 496. The topological polar surface area (TPSA) is 75.8 Å². The highest BCUT2D eigenvalue weighted by molar-refractivity contribution is 7.80. The summed E-state index contributed by atoms with van der Waals surface area (Å²) >= 11 is 4.87. The first-order valence-electron chi connectivity index (χ1n) is 7.01. The van der Waals surface area contributed by atoms with E-state index in [-0.39, 0.29) is 19.1 Å². The highest BCUT2D eigenvalue weighted by atomic mass is 32.1. The Labute approximate surface area is 129 Å². The van der Waals surface area contributed by atoms with Crippen molar-refractivity contribution >= 4 is 23.1 Å². The molecule has 1 aromatic carbocycles. The number of amides is 1. The molecule has 0 unspecified atom stereocenters. The summed E-state index contributed by atoms with van der Waals surface area (Å²) in [5, 5.41) is 9.08. The van der Waals surface area contributed by atoms with E-state index in [0.29, 0.717) is 29.7 Å². The minimum absolute atomic E-state index is 0.0233. The van der Waals surface area contributed by atoms with Gasteiger partial charge in [-0.2, -0.15) is 0 Å². The Morgan fingerprint density at radius 1 is 1.33 bits per heavy atom. The molecule has 0 spiro atoms. The van der Waals surface area contributed by atoms with Crippen molar-refractivity contribution in [3.05, 3.63) is 29.8 Å². The summed E-state index contributed by atoms with van der Waals surface area (Å²) in [5.41, 5.74) is 6.29. The van der Waals surface area contributed by atoms with Crippen LogP contribution < -0.4 is 10.5 Å². The number of ether oxygens (including phenoxy) is 1. The summed E-state index contributed by atoms with van der Waals surface area (Å²) in [6.45, 7) is 1.60. The molecule has 1 saturated heterocycles. The van der Waals surface area contributed by atoms with E-state index in [9.17, 15) is 4.79 Å². The lowest BCUT2D eigenvalue weighted by molar-refractivity contribution is -0.134. The highest BCUT2D eigenvalue weighted by Crippen LogP contribution is 2.17. The SMILES string of the molecule is NC(=S)c1ccc(OCC(=O)N2CCC(CO)CC2)cc1. The third kappa shape index (κ3) is 4.41. The van der Waals surface area contributed by atoms with Gasteiger partial charge < -0.3 is 20.5 Å². The standard InChI is InChI=1S/C15H20N2O3S/c16-15(21)12-1-3-13(4-2-12)20-10-14(19)17-7-5-11(9-18)6-8-17/h1-4,11,18H,5-10H2,(H2,16,21). The second kappa shape index (κ2) is 7.38. The number of nitrogens with two attached hydrogens (primary N) is 1. The van der Waals surface area contributed by atoms with Crippen LogP contribution >= 0.6 is 12.2 Å². The fourth-order valence-electron chi connectivity index (χ4n) is 2.32. The molecule has 0 aromatic heterocycles. The molecule has 1 fully saturated rings. The second-order valence-electron chi connectivity index (χ2n) is 5.18. The molecule has 1 aliphatic heterocycles. The lowest BCUT2D eigenvalue weighted by Crippen LogP contribution is -2.41. The number of rotatable bonds is 5. The van der Waals surface area contributed by atoms with Crippen LogP contribution in [0.2, 0.25) is 0 Å². The number of carbonyl (C=O) groups excluding carboxylic acids is 1. The minimum atomic E-state index is -0.0233. The number of aliphatic hydroxyl groups excluding tert-OH is 1. The zero-order chi connectivity index (χ0) is 15.2. The Morgan fingerprint density at radius 3 is 2.48 bits per heavy atom. The quantitative estimate of drug-likeness (QED) is 0.792. The van der Waals surface area contributed by atoms with Gasteiger partial charge in [0.1, 0.15) is 10.7 Å². The lowest BCUT2D eigenvalue weighted by Gasteiger charge is -2.31. The number of nitrogens with zero attached hydrogens (tertiary/aromatic N) is 1. The van der Waals surface area contributed by atoms with E-state index >= 15 is 0 Å². The fraction of sp³-hybridized carbons (Fsp3) is 0.467. The van der Waals surface area contributed by atoms with Crippen molar-refractivity contribution in [3.63, 3.8) is 0 Å². The Balaban J connectivity index is 1.80. The summed E-state index contributed by atoms with van der Waals surface area (Å²) in [5.74, 6) is 0.918. The van der Waals surface area contributed by atoms with Crippen LogP contribution in [-0.4, -0.2) is 47.2 Å². The average Bonchev–Trinajstić information content (AvgIpc) is 2.53. The largest absolute Gasteiger partial charge is 0.484 e. The van der Waals surface area contributed by atoms with Crippen molar-refractivity contribution in [2.45, 2.75) is 12.8 Å². The van der Waals surface area contributed by atoms with Gasteiger partial charge in [-0.05, 0) is 43.0 Å². The van der Waals surface area contributed by atoms with Crippen LogP contribution in [0.4, 0.5) is 0 Å². The Hall–Kier alpha value is -1.66. The molecule has 3 N–H and O–H groups in total. The van der Waals surface area contributed by atoms with Gasteiger partial charge in [-0.3, -0.25) is 4.79 Å². The third-order valence-electron chi connectivity index (χ3n) is 3.73. The van der Waals surface area contributed by atoms with Crippen LogP contribution in [0.1, 0.15) is 18.4 Å². The molecule has 0 radical (unpaired) electrons. The van der Waals surface area contributed by atoms with Gasteiger partial charge in [0.25, 0.3) is 5.91 Å². The van der Waals surface area contributed by atoms with Crippen LogP contribution in [0.15, 0.2) is 24.3 Å². The number of hydrogen-bond acceptors (Lipinski definition) is 4. The van der Waals surface area contributed by atoms with E-state index in [0.717, 1.165) is 18.4 Å². The molecule has 0 atom stereocenters. The van der Waals surface area contributed by atoms with E-state index in [1.54, 1.807) is 29.2 Å². The number of thiocarbonyl (C=S) groups is 1. The van der Waals surface area contributed by atoms with Crippen molar-refractivity contribution in [1.29, 1.82) is 0 Å². The van der Waals surface area contributed by atoms with Gasteiger partial charge >= 0.3 is 0 Å². The molecule has 21 heavy (non-hydrogen) atoms. The van der Waals surface area contributed by atoms with E-state index in [4.69, 9.17) is 27.8 Å². The monoisotopic (exact) mass is 308 g/mol. The van der Waals surface area contributed by atoms with E-state index in [1.165, 1.54) is 0 Å². The van der Waals surface area contributed by atoms with Gasteiger partial charge in [-0.15, -0.1) is 0 Å². The summed E-state index contributed by atoms with van der Waals surface area (Å²) in [6, 6.07) is 7.04. The van der Waals surface area contributed by atoms with Gasteiger partial charge in [0.2, 0.25) is 0 Å². The molecule has 5 nitrogen and oxygen atoms in total. The second-order valence-corrected chi connectivity index (χ2v) is 5.62. The van der Waals surface area contributed by atoms with Crippen LogP contribution in [-0.2, 0) is 4.79 Å². The number of aliphatic hydroxyl groups is 1. The van der Waals surface area contributed by atoms with Gasteiger partial charge in [0.05, 0.1) is 0 Å². The minimum Gasteiger partial charge on any atom is -0.484 e. The molecular formula is C15H20N2O3S. The van der Waals surface area contributed by atoms with Gasteiger partial charge in [-0.25, -0.2) is 0 Å². The molecular weight excluding hydrogens is 288 g/mol. The summed E-state index contributed by atoms with van der Waals surface area (Å²) in [7, 11) is 0. The molecule has 1 aliphatic rings. The van der Waals surface area contributed by atoms with Crippen LogP contribution in [0.3, 0.4) is 0 Å². The van der Waals surface area contributed by atoms with Crippen molar-refractivity contribution in [3.8, 4) is 5.75 Å². The van der Waals surface area contributed by atoms with Crippen molar-refractivity contribution in [2.24, 2.45) is 11.7 Å². The first-order chi connectivity index (χ1) is 10.1. The first kappa shape index (κ1) is 15.7. The van der Waals surface area contributed by atoms with E-state index in [1.807, 2.05) is 0 Å². The van der Waals surface area contributed by atoms with Crippen molar-refractivity contribution < 1.29 is 14.6 Å². The van der Waals surface area contributed by atoms with E-state index < -0.39 is 0 Å². The van der Waals surface area contributed by atoms with Crippen LogP contribution in [0, 0.1) is 5.92 Å². The summed E-state index contributed by atoms with van der Waals surface area (Å²) < 4.78 is 5.48. The summed E-state index contributed by atoms with van der Waals surface area (Å²) in [6.07, 6.45) is 1.70. The van der Waals surface area contributed by atoms with Gasteiger partial charge in [0.15, 0.2) is 6.61 Å². The number of carbonyl (C=O) groups is 1. The fourth-order valence-corrected chi connectivity index (χ4v) is 2.45. The number of likely N-dealkylation sites (tertiary alicyclic amines) is 1. The molecule has 0 aliphatic carbocycles. The predicted octanol–water partition coefficient (Wildman–Crippen LogP) is 0.930. The molecule has 0 bridgehead atoms. The number of piperidine rings is 1. The Kier molecular flexibility index (Phi) is 5.52. The normalized spacial score (nSPS) is 15.8. The average molecular weight is 308 g/mol. The third-order valence-corrected chi connectivity index (χ3v) is 3.96. The maximum absolute atomic E-state index is 12.0. The Morgan fingerprint density at radius 2 is 1.95 bits per heavy atom. The maximum Gasteiger partial charge on any atom is 0.260 e. The number of benzene rings is 1. The molecule has 6 heteroatoms.